The average molecular weight is 196 g/mol. The van der Waals surface area contributed by atoms with Gasteiger partial charge in [-0.05, 0) is 37.5 Å². The summed E-state index contributed by atoms with van der Waals surface area (Å²) in [7, 11) is 0. The molecule has 0 aromatic rings. The fourth-order valence-corrected chi connectivity index (χ4v) is 2.91. The number of carbonyl (C=O) groups is 2. The minimum absolute atomic E-state index is 0.149. The van der Waals surface area contributed by atoms with Crippen LogP contribution < -0.4 is 0 Å². The number of hydrogen-bond acceptors (Lipinski definition) is 2. The summed E-state index contributed by atoms with van der Waals surface area (Å²) in [5.41, 5.74) is 0. The van der Waals surface area contributed by atoms with Crippen molar-refractivity contribution in [2.75, 3.05) is 0 Å². The highest BCUT2D eigenvalue weighted by atomic mass is 16.4. The van der Waals surface area contributed by atoms with Crippen LogP contribution >= 0.6 is 0 Å². The predicted octanol–water partition coefficient (Wildman–Crippen LogP) is 1.86. The second kappa shape index (κ2) is 3.71. The van der Waals surface area contributed by atoms with Crippen LogP contribution in [0.25, 0.3) is 0 Å². The average Bonchev–Trinajstić information content (AvgIpc) is 2.16. The van der Waals surface area contributed by atoms with Gasteiger partial charge in [-0.15, -0.1) is 0 Å². The van der Waals surface area contributed by atoms with Crippen molar-refractivity contribution in [1.29, 1.82) is 0 Å². The van der Waals surface area contributed by atoms with Crippen LogP contribution in [0.4, 0.5) is 0 Å². The molecule has 2 aliphatic rings. The molecule has 0 saturated heterocycles. The number of ketones is 1. The highest BCUT2D eigenvalue weighted by Gasteiger charge is 2.37. The van der Waals surface area contributed by atoms with Gasteiger partial charge in [0, 0.05) is 12.8 Å². The number of hydrogen-bond donors (Lipinski definition) is 1. The van der Waals surface area contributed by atoms with Crippen molar-refractivity contribution in [3.8, 4) is 0 Å². The third-order valence-corrected chi connectivity index (χ3v) is 3.77. The molecule has 0 aromatic carbocycles. The summed E-state index contributed by atoms with van der Waals surface area (Å²) in [4.78, 5) is 22.0. The molecule has 0 radical (unpaired) electrons. The summed E-state index contributed by atoms with van der Waals surface area (Å²) in [5.74, 6) is 0.569. The Labute approximate surface area is 83.5 Å². The zero-order valence-electron chi connectivity index (χ0n) is 8.24. The van der Waals surface area contributed by atoms with Gasteiger partial charge in [0.05, 0.1) is 5.92 Å². The van der Waals surface area contributed by atoms with E-state index in [0.29, 0.717) is 30.5 Å². The lowest BCUT2D eigenvalue weighted by atomic mass is 9.67. The Morgan fingerprint density at radius 2 is 2.00 bits per heavy atom. The summed E-state index contributed by atoms with van der Waals surface area (Å²) in [6.07, 6.45) is 4.81. The lowest BCUT2D eigenvalue weighted by Gasteiger charge is -2.37. The number of carbonyl (C=O) groups excluding carboxylic acids is 1. The van der Waals surface area contributed by atoms with E-state index in [9.17, 15) is 9.59 Å². The van der Waals surface area contributed by atoms with Gasteiger partial charge in [-0.25, -0.2) is 0 Å². The molecule has 3 nitrogen and oxygen atoms in total. The largest absolute Gasteiger partial charge is 0.481 e. The first-order valence-electron chi connectivity index (χ1n) is 5.41. The molecule has 0 spiro atoms. The Bertz CT molecular complexity index is 259. The standard InChI is InChI=1S/C11H16O3/c12-10-4-3-7-5-9(11(13)14)2-1-8(7)6-10/h7-9H,1-6H2,(H,13,14)/t7-,8+,9-/m0/s1. The van der Waals surface area contributed by atoms with Crippen LogP contribution in [0.15, 0.2) is 0 Å². The van der Waals surface area contributed by atoms with E-state index < -0.39 is 5.97 Å². The number of carboxylic acid groups (broad SMARTS) is 1. The summed E-state index contributed by atoms with van der Waals surface area (Å²) in [6.45, 7) is 0. The van der Waals surface area contributed by atoms with Gasteiger partial charge >= 0.3 is 5.97 Å². The van der Waals surface area contributed by atoms with Gasteiger partial charge in [-0.3, -0.25) is 9.59 Å². The van der Waals surface area contributed by atoms with Crippen LogP contribution in [0.5, 0.6) is 0 Å². The van der Waals surface area contributed by atoms with Gasteiger partial charge in [0.1, 0.15) is 5.78 Å². The van der Waals surface area contributed by atoms with Crippen molar-refractivity contribution in [1.82, 2.24) is 0 Å². The van der Waals surface area contributed by atoms with Crippen molar-refractivity contribution < 1.29 is 14.7 Å². The molecule has 78 valence electrons. The quantitative estimate of drug-likeness (QED) is 0.696. The monoisotopic (exact) mass is 196 g/mol. The molecule has 3 atom stereocenters. The fourth-order valence-electron chi connectivity index (χ4n) is 2.91. The van der Waals surface area contributed by atoms with E-state index in [4.69, 9.17) is 5.11 Å². The van der Waals surface area contributed by atoms with Crippen LogP contribution in [-0.2, 0) is 9.59 Å². The fraction of sp³-hybridized carbons (Fsp3) is 0.818. The third-order valence-electron chi connectivity index (χ3n) is 3.77. The van der Waals surface area contributed by atoms with Crippen LogP contribution in [0, 0.1) is 17.8 Å². The molecule has 14 heavy (non-hydrogen) atoms. The van der Waals surface area contributed by atoms with Crippen molar-refractivity contribution >= 4 is 11.8 Å². The van der Waals surface area contributed by atoms with E-state index in [1.165, 1.54) is 0 Å². The van der Waals surface area contributed by atoms with Gasteiger partial charge in [-0.1, -0.05) is 0 Å². The Hall–Kier alpha value is -0.860. The van der Waals surface area contributed by atoms with Crippen molar-refractivity contribution in [3.63, 3.8) is 0 Å². The molecule has 0 unspecified atom stereocenters. The van der Waals surface area contributed by atoms with Gasteiger partial charge < -0.3 is 5.11 Å². The summed E-state index contributed by atoms with van der Waals surface area (Å²) < 4.78 is 0. The molecule has 0 bridgehead atoms. The van der Waals surface area contributed by atoms with Gasteiger partial charge in [0.25, 0.3) is 0 Å². The predicted molar refractivity (Wildman–Crippen MR) is 50.8 cm³/mol. The van der Waals surface area contributed by atoms with E-state index >= 15 is 0 Å². The smallest absolute Gasteiger partial charge is 0.306 e. The maximum absolute atomic E-state index is 11.2. The van der Waals surface area contributed by atoms with Gasteiger partial charge in [-0.2, -0.15) is 0 Å². The molecule has 2 fully saturated rings. The first kappa shape index (κ1) is 9.69. The molecule has 0 aromatic heterocycles. The van der Waals surface area contributed by atoms with E-state index in [1.807, 2.05) is 0 Å². The number of aliphatic carboxylic acids is 1. The highest BCUT2D eigenvalue weighted by molar-refractivity contribution is 5.79. The van der Waals surface area contributed by atoms with Crippen LogP contribution in [-0.4, -0.2) is 16.9 Å². The summed E-state index contributed by atoms with van der Waals surface area (Å²) in [6, 6.07) is 0. The van der Waals surface area contributed by atoms with Crippen LogP contribution in [0.3, 0.4) is 0 Å². The molecule has 0 heterocycles. The van der Waals surface area contributed by atoms with Gasteiger partial charge in [0.2, 0.25) is 0 Å². The molecule has 1 N–H and O–H groups in total. The van der Waals surface area contributed by atoms with Crippen molar-refractivity contribution in [2.24, 2.45) is 17.8 Å². The first-order valence-corrected chi connectivity index (χ1v) is 5.41. The molecule has 3 heteroatoms. The number of rotatable bonds is 1. The summed E-state index contributed by atoms with van der Waals surface area (Å²) >= 11 is 0. The second-order valence-corrected chi connectivity index (χ2v) is 4.65. The first-order chi connectivity index (χ1) is 6.66. The molecule has 2 rings (SSSR count). The van der Waals surface area contributed by atoms with Crippen LogP contribution in [0.1, 0.15) is 38.5 Å². The minimum Gasteiger partial charge on any atom is -0.481 e. The van der Waals surface area contributed by atoms with Crippen LogP contribution in [0.2, 0.25) is 0 Å². The Kier molecular flexibility index (Phi) is 2.57. The Morgan fingerprint density at radius 1 is 1.21 bits per heavy atom. The number of Topliss-reactive ketones (excluding diaryl/α,β-unsaturated/α-hetero) is 1. The molecular weight excluding hydrogens is 180 g/mol. The number of carboxylic acids is 1. The molecule has 0 aliphatic heterocycles. The van der Waals surface area contributed by atoms with E-state index in [0.717, 1.165) is 25.7 Å². The van der Waals surface area contributed by atoms with Gasteiger partial charge in [0.15, 0.2) is 0 Å². The maximum atomic E-state index is 11.2. The van der Waals surface area contributed by atoms with E-state index in [-0.39, 0.29) is 5.92 Å². The zero-order valence-corrected chi connectivity index (χ0v) is 8.24. The molecule has 2 saturated carbocycles. The van der Waals surface area contributed by atoms with E-state index in [2.05, 4.69) is 0 Å². The topological polar surface area (TPSA) is 54.4 Å². The third kappa shape index (κ3) is 1.81. The lowest BCUT2D eigenvalue weighted by molar-refractivity contribution is -0.144. The van der Waals surface area contributed by atoms with E-state index in [1.54, 1.807) is 0 Å². The minimum atomic E-state index is -0.652. The lowest BCUT2D eigenvalue weighted by Crippen LogP contribution is -2.33. The summed E-state index contributed by atoms with van der Waals surface area (Å²) in [5, 5.41) is 8.91. The Morgan fingerprint density at radius 3 is 2.71 bits per heavy atom. The van der Waals surface area contributed by atoms with Crippen molar-refractivity contribution in [3.05, 3.63) is 0 Å². The Balaban J connectivity index is 1.98. The zero-order chi connectivity index (χ0) is 10.1. The molecular formula is C11H16O3. The SMILES string of the molecule is O=C1CC[C@H]2C[C@@H](C(=O)O)CC[C@@H]2C1. The van der Waals surface area contributed by atoms with Crippen molar-refractivity contribution in [2.45, 2.75) is 38.5 Å². The molecule has 0 amide bonds. The second-order valence-electron chi connectivity index (χ2n) is 4.65. The normalized spacial score (nSPS) is 37.7. The number of fused-ring (bicyclic) bond motifs is 1. The highest BCUT2D eigenvalue weighted by Crippen LogP contribution is 2.41. The maximum Gasteiger partial charge on any atom is 0.306 e. The molecule has 2 aliphatic carbocycles.